The lowest BCUT2D eigenvalue weighted by Crippen LogP contribution is -2.02. The highest BCUT2D eigenvalue weighted by Crippen LogP contribution is 2.25. The van der Waals surface area contributed by atoms with Crippen LogP contribution in [0.5, 0.6) is 11.5 Å². The molecule has 1 N–H and O–H groups in total. The zero-order valence-electron chi connectivity index (χ0n) is 11.1. The molecule has 0 aliphatic carbocycles. The van der Waals surface area contributed by atoms with Crippen LogP contribution in [0.25, 0.3) is 0 Å². The predicted molar refractivity (Wildman–Crippen MR) is 81.5 cm³/mol. The Labute approximate surface area is 126 Å². The van der Waals surface area contributed by atoms with Crippen LogP contribution >= 0.6 is 15.9 Å². The van der Waals surface area contributed by atoms with Crippen LogP contribution in [0.3, 0.4) is 0 Å². The molecule has 2 aromatic carbocycles. The van der Waals surface area contributed by atoms with E-state index in [9.17, 15) is 9.90 Å². The van der Waals surface area contributed by atoms with Crippen molar-refractivity contribution in [3.05, 3.63) is 58.1 Å². The Morgan fingerprint density at radius 2 is 2.00 bits per heavy atom. The summed E-state index contributed by atoms with van der Waals surface area (Å²) in [6.07, 6.45) is 0.889. The molecule has 20 heavy (non-hydrogen) atoms. The quantitative estimate of drug-likeness (QED) is 0.841. The van der Waals surface area contributed by atoms with Crippen LogP contribution in [0.4, 0.5) is 0 Å². The van der Waals surface area contributed by atoms with Crippen molar-refractivity contribution >= 4 is 21.7 Å². The van der Waals surface area contributed by atoms with Gasteiger partial charge in [-0.25, -0.2) is 0 Å². The third kappa shape index (κ3) is 3.39. The maximum Gasteiger partial charge on any atom is 0.166 e. The Kier molecular flexibility index (Phi) is 4.79. The fourth-order valence-corrected chi connectivity index (χ4v) is 2.44. The first-order valence-corrected chi connectivity index (χ1v) is 7.04. The van der Waals surface area contributed by atoms with Gasteiger partial charge in [0.15, 0.2) is 5.78 Å². The minimum absolute atomic E-state index is 0.0266. The highest BCUT2D eigenvalue weighted by Gasteiger charge is 2.12. The summed E-state index contributed by atoms with van der Waals surface area (Å²) in [4.78, 5) is 12.1. The number of rotatable bonds is 5. The number of ether oxygens (including phenoxy) is 1. The number of halogens is 1. The number of aromatic hydroxyl groups is 1. The number of carbonyl (C=O) groups excluding carboxylic acids is 1. The van der Waals surface area contributed by atoms with Gasteiger partial charge in [-0.15, -0.1) is 0 Å². The lowest BCUT2D eigenvalue weighted by molar-refractivity contribution is 0.0980. The van der Waals surface area contributed by atoms with Gasteiger partial charge in [0.2, 0.25) is 0 Å². The van der Waals surface area contributed by atoms with E-state index in [-0.39, 0.29) is 11.5 Å². The van der Waals surface area contributed by atoms with Gasteiger partial charge in [0.1, 0.15) is 11.5 Å². The lowest BCUT2D eigenvalue weighted by Gasteiger charge is -2.09. The van der Waals surface area contributed by atoms with Crippen molar-refractivity contribution < 1.29 is 14.6 Å². The minimum Gasteiger partial charge on any atom is -0.507 e. The second-order valence-corrected chi connectivity index (χ2v) is 5.31. The van der Waals surface area contributed by atoms with Crippen LogP contribution in [0, 0.1) is 0 Å². The van der Waals surface area contributed by atoms with Crippen molar-refractivity contribution in [1.29, 1.82) is 0 Å². The standard InChI is InChI=1S/C16H15BrO3/c1-20-16-9-7-12(17)10-11(16)6-8-15(19)13-4-2-3-5-14(13)18/h2-5,7,9-10,18H,6,8H2,1H3. The summed E-state index contributed by atoms with van der Waals surface area (Å²) in [5, 5.41) is 9.67. The predicted octanol–water partition coefficient (Wildman–Crippen LogP) is 3.98. The van der Waals surface area contributed by atoms with E-state index >= 15 is 0 Å². The van der Waals surface area contributed by atoms with Gasteiger partial charge in [-0.05, 0) is 42.3 Å². The molecular weight excluding hydrogens is 320 g/mol. The fourth-order valence-electron chi connectivity index (χ4n) is 2.03. The molecule has 0 saturated carbocycles. The van der Waals surface area contributed by atoms with Crippen molar-refractivity contribution in [3.63, 3.8) is 0 Å². The zero-order chi connectivity index (χ0) is 14.5. The van der Waals surface area contributed by atoms with E-state index in [1.54, 1.807) is 25.3 Å². The molecule has 0 aliphatic heterocycles. The molecule has 0 amide bonds. The van der Waals surface area contributed by atoms with Crippen molar-refractivity contribution in [2.45, 2.75) is 12.8 Å². The van der Waals surface area contributed by atoms with Crippen LogP contribution in [-0.4, -0.2) is 18.0 Å². The smallest absolute Gasteiger partial charge is 0.166 e. The second-order valence-electron chi connectivity index (χ2n) is 4.40. The first-order valence-electron chi connectivity index (χ1n) is 6.25. The van der Waals surface area contributed by atoms with E-state index in [0.29, 0.717) is 18.4 Å². The van der Waals surface area contributed by atoms with Crippen LogP contribution in [0.2, 0.25) is 0 Å². The molecule has 2 rings (SSSR count). The normalized spacial score (nSPS) is 10.3. The van der Waals surface area contributed by atoms with E-state index in [0.717, 1.165) is 15.8 Å². The number of methoxy groups -OCH3 is 1. The van der Waals surface area contributed by atoms with E-state index in [2.05, 4.69) is 15.9 Å². The first kappa shape index (κ1) is 14.6. The minimum atomic E-state index is -0.0786. The van der Waals surface area contributed by atoms with Gasteiger partial charge >= 0.3 is 0 Å². The number of ketones is 1. The van der Waals surface area contributed by atoms with Gasteiger partial charge in [-0.2, -0.15) is 0 Å². The zero-order valence-corrected chi connectivity index (χ0v) is 12.7. The summed E-state index contributed by atoms with van der Waals surface area (Å²) in [7, 11) is 1.61. The largest absolute Gasteiger partial charge is 0.507 e. The number of phenolic OH excluding ortho intramolecular Hbond substituents is 1. The van der Waals surface area contributed by atoms with E-state index in [1.165, 1.54) is 6.07 Å². The highest BCUT2D eigenvalue weighted by molar-refractivity contribution is 9.10. The van der Waals surface area contributed by atoms with Crippen LogP contribution < -0.4 is 4.74 Å². The maximum absolute atomic E-state index is 12.1. The van der Waals surface area contributed by atoms with Crippen molar-refractivity contribution in [3.8, 4) is 11.5 Å². The molecule has 0 heterocycles. The Bertz CT molecular complexity index is 623. The van der Waals surface area contributed by atoms with Crippen molar-refractivity contribution in [2.75, 3.05) is 7.11 Å². The first-order chi connectivity index (χ1) is 9.61. The van der Waals surface area contributed by atoms with Gasteiger partial charge in [0.25, 0.3) is 0 Å². The number of carbonyl (C=O) groups is 1. The molecule has 2 aromatic rings. The van der Waals surface area contributed by atoms with Crippen LogP contribution in [0.15, 0.2) is 46.9 Å². The Hall–Kier alpha value is -1.81. The summed E-state index contributed by atoms with van der Waals surface area (Å²) in [5.74, 6) is 0.710. The molecule has 0 saturated heterocycles. The Balaban J connectivity index is 2.11. The molecule has 0 radical (unpaired) electrons. The molecule has 0 unspecified atom stereocenters. The van der Waals surface area contributed by atoms with Gasteiger partial charge < -0.3 is 9.84 Å². The maximum atomic E-state index is 12.1. The van der Waals surface area contributed by atoms with Crippen molar-refractivity contribution in [1.82, 2.24) is 0 Å². The van der Waals surface area contributed by atoms with Crippen LogP contribution in [0.1, 0.15) is 22.3 Å². The van der Waals surface area contributed by atoms with Gasteiger partial charge in [0, 0.05) is 10.9 Å². The Morgan fingerprint density at radius 1 is 1.25 bits per heavy atom. The summed E-state index contributed by atoms with van der Waals surface area (Å²) < 4.78 is 6.23. The number of benzene rings is 2. The number of aryl methyl sites for hydroxylation is 1. The summed E-state index contributed by atoms with van der Waals surface area (Å²) in [6.45, 7) is 0. The van der Waals surface area contributed by atoms with Gasteiger partial charge in [-0.3, -0.25) is 4.79 Å². The fraction of sp³-hybridized carbons (Fsp3) is 0.188. The third-order valence-electron chi connectivity index (χ3n) is 3.07. The average molecular weight is 335 g/mol. The number of phenols is 1. The SMILES string of the molecule is COc1ccc(Br)cc1CCC(=O)c1ccccc1O. The molecule has 4 heteroatoms. The molecule has 104 valence electrons. The lowest BCUT2D eigenvalue weighted by atomic mass is 10.0. The van der Waals surface area contributed by atoms with E-state index < -0.39 is 0 Å². The molecule has 0 aliphatic rings. The summed E-state index contributed by atoms with van der Waals surface area (Å²) in [6, 6.07) is 12.3. The number of Topliss-reactive ketones (excluding diaryl/α,β-unsaturated/α-hetero) is 1. The number of hydrogen-bond donors (Lipinski definition) is 1. The van der Waals surface area contributed by atoms with Gasteiger partial charge in [0.05, 0.1) is 12.7 Å². The molecule has 0 spiro atoms. The van der Waals surface area contributed by atoms with E-state index in [1.807, 2.05) is 18.2 Å². The summed E-state index contributed by atoms with van der Waals surface area (Å²) in [5.41, 5.74) is 1.33. The van der Waals surface area contributed by atoms with Gasteiger partial charge in [-0.1, -0.05) is 28.1 Å². The number of hydrogen-bond acceptors (Lipinski definition) is 3. The monoisotopic (exact) mass is 334 g/mol. The molecule has 3 nitrogen and oxygen atoms in total. The molecule has 0 atom stereocenters. The molecule has 0 bridgehead atoms. The Morgan fingerprint density at radius 3 is 2.70 bits per heavy atom. The number of para-hydroxylation sites is 1. The van der Waals surface area contributed by atoms with E-state index in [4.69, 9.17) is 4.74 Å². The van der Waals surface area contributed by atoms with Crippen LogP contribution in [-0.2, 0) is 6.42 Å². The molecule has 0 fully saturated rings. The highest BCUT2D eigenvalue weighted by atomic mass is 79.9. The average Bonchev–Trinajstić information content (AvgIpc) is 2.45. The third-order valence-corrected chi connectivity index (χ3v) is 3.56. The summed E-state index contributed by atoms with van der Waals surface area (Å²) >= 11 is 3.41. The second kappa shape index (κ2) is 6.57. The van der Waals surface area contributed by atoms with Crippen molar-refractivity contribution in [2.24, 2.45) is 0 Å². The molecular formula is C16H15BrO3. The molecule has 0 aromatic heterocycles. The topological polar surface area (TPSA) is 46.5 Å².